The van der Waals surface area contributed by atoms with E-state index in [1.165, 1.54) is 11.8 Å². The maximum atomic E-state index is 8.74. The molecule has 0 atom stereocenters. The van der Waals surface area contributed by atoms with Gasteiger partial charge in [-0.05, 0) is 42.0 Å². The van der Waals surface area contributed by atoms with Gasteiger partial charge in [0, 0.05) is 5.75 Å². The van der Waals surface area contributed by atoms with E-state index >= 15 is 0 Å². The maximum Gasteiger partial charge on any atom is 0.159 e. The maximum absolute atomic E-state index is 8.74. The molecule has 0 fully saturated rings. The third kappa shape index (κ3) is 4.55. The van der Waals surface area contributed by atoms with E-state index in [9.17, 15) is 0 Å². The number of ether oxygens (including phenoxy) is 1. The van der Waals surface area contributed by atoms with Gasteiger partial charge in [-0.15, -0.1) is 0 Å². The lowest BCUT2D eigenvalue weighted by Crippen LogP contribution is -2.06. The molecule has 0 saturated heterocycles. The summed E-state index contributed by atoms with van der Waals surface area (Å²) in [6.45, 7) is 0. The van der Waals surface area contributed by atoms with Crippen molar-refractivity contribution in [2.45, 2.75) is 5.75 Å². The lowest BCUT2D eigenvalue weighted by Gasteiger charge is -2.03. The molecule has 0 radical (unpaired) electrons. The fraction of sp³-hybridized carbons (Fsp3) is 0.125. The first-order valence-electron chi connectivity index (χ1n) is 6.31. The van der Waals surface area contributed by atoms with Crippen molar-refractivity contribution in [3.05, 3.63) is 59.7 Å². The SMILES string of the molecule is COc1ccc(N=C(N)SCc2ccc(C#N)cc2)cc1. The number of hydrogen-bond donors (Lipinski definition) is 1. The first-order chi connectivity index (χ1) is 10.2. The highest BCUT2D eigenvalue weighted by atomic mass is 32.2. The van der Waals surface area contributed by atoms with Crippen LogP contribution in [0.2, 0.25) is 0 Å². The van der Waals surface area contributed by atoms with Crippen LogP contribution in [0, 0.1) is 11.3 Å². The normalized spacial score (nSPS) is 11.0. The van der Waals surface area contributed by atoms with Crippen molar-refractivity contribution in [2.24, 2.45) is 10.7 Å². The molecule has 21 heavy (non-hydrogen) atoms. The summed E-state index contributed by atoms with van der Waals surface area (Å²) >= 11 is 1.46. The van der Waals surface area contributed by atoms with Gasteiger partial charge in [-0.3, -0.25) is 0 Å². The van der Waals surface area contributed by atoms with E-state index in [1.54, 1.807) is 19.2 Å². The van der Waals surface area contributed by atoms with Gasteiger partial charge in [0.25, 0.3) is 0 Å². The van der Waals surface area contributed by atoms with Crippen molar-refractivity contribution in [1.82, 2.24) is 0 Å². The van der Waals surface area contributed by atoms with E-state index < -0.39 is 0 Å². The molecule has 2 rings (SSSR count). The Kier molecular flexibility index (Phi) is 5.24. The summed E-state index contributed by atoms with van der Waals surface area (Å²) < 4.78 is 5.09. The first kappa shape index (κ1) is 14.9. The van der Waals surface area contributed by atoms with E-state index in [-0.39, 0.29) is 0 Å². The van der Waals surface area contributed by atoms with Crippen molar-refractivity contribution in [3.8, 4) is 11.8 Å². The van der Waals surface area contributed by atoms with Gasteiger partial charge in [0.05, 0.1) is 24.4 Å². The van der Waals surface area contributed by atoms with Crippen LogP contribution in [0.25, 0.3) is 0 Å². The summed E-state index contributed by atoms with van der Waals surface area (Å²) in [4.78, 5) is 4.33. The Labute approximate surface area is 128 Å². The largest absolute Gasteiger partial charge is 0.497 e. The minimum absolute atomic E-state index is 0.504. The van der Waals surface area contributed by atoms with Crippen LogP contribution in [0.5, 0.6) is 5.75 Å². The Bertz CT molecular complexity index is 657. The predicted molar refractivity (Wildman–Crippen MR) is 86.7 cm³/mol. The standard InChI is InChI=1S/C16H15N3OS/c1-20-15-8-6-14(7-9-15)19-16(18)21-11-13-4-2-12(10-17)3-5-13/h2-9H,11H2,1H3,(H2,18,19). The summed E-state index contributed by atoms with van der Waals surface area (Å²) in [6.07, 6.45) is 0. The number of nitrogens with two attached hydrogens (primary N) is 1. The molecule has 5 heteroatoms. The molecule has 4 nitrogen and oxygen atoms in total. The van der Waals surface area contributed by atoms with Crippen LogP contribution in [-0.4, -0.2) is 12.3 Å². The van der Waals surface area contributed by atoms with Crippen LogP contribution in [-0.2, 0) is 5.75 Å². The molecule has 106 valence electrons. The number of nitriles is 1. The summed E-state index contributed by atoms with van der Waals surface area (Å²) in [7, 11) is 1.63. The zero-order chi connectivity index (χ0) is 15.1. The Morgan fingerprint density at radius 3 is 2.43 bits per heavy atom. The molecule has 0 aliphatic carbocycles. The van der Waals surface area contributed by atoms with E-state index in [2.05, 4.69) is 11.1 Å². The van der Waals surface area contributed by atoms with E-state index in [0.29, 0.717) is 10.7 Å². The minimum atomic E-state index is 0.504. The van der Waals surface area contributed by atoms with Gasteiger partial charge in [0.15, 0.2) is 5.17 Å². The second-order valence-electron chi connectivity index (χ2n) is 4.25. The summed E-state index contributed by atoms with van der Waals surface area (Å²) in [5, 5.41) is 9.25. The number of methoxy groups -OCH3 is 1. The monoisotopic (exact) mass is 297 g/mol. The molecule has 0 aliphatic heterocycles. The Hall–Kier alpha value is -2.45. The molecule has 0 saturated carbocycles. The van der Waals surface area contributed by atoms with Gasteiger partial charge >= 0.3 is 0 Å². The highest BCUT2D eigenvalue weighted by molar-refractivity contribution is 8.13. The summed E-state index contributed by atoms with van der Waals surface area (Å²) in [5.74, 6) is 1.51. The number of amidine groups is 1. The van der Waals surface area contributed by atoms with Gasteiger partial charge in [-0.2, -0.15) is 5.26 Å². The number of rotatable bonds is 4. The third-order valence-corrected chi connectivity index (χ3v) is 3.65. The van der Waals surface area contributed by atoms with Crippen molar-refractivity contribution >= 4 is 22.6 Å². The molecule has 2 N–H and O–H groups in total. The number of benzene rings is 2. The zero-order valence-electron chi connectivity index (χ0n) is 11.6. The number of thioether (sulfide) groups is 1. The van der Waals surface area contributed by atoms with Crippen LogP contribution in [0.3, 0.4) is 0 Å². The Morgan fingerprint density at radius 1 is 1.19 bits per heavy atom. The molecule has 0 aliphatic rings. The number of nitrogens with zero attached hydrogens (tertiary/aromatic N) is 2. The Balaban J connectivity index is 1.94. The molecule has 0 bridgehead atoms. The van der Waals surface area contributed by atoms with Gasteiger partial charge in [-0.25, -0.2) is 4.99 Å². The van der Waals surface area contributed by atoms with Crippen LogP contribution in [0.15, 0.2) is 53.5 Å². The lowest BCUT2D eigenvalue weighted by atomic mass is 10.2. The van der Waals surface area contributed by atoms with Gasteiger partial charge in [-0.1, -0.05) is 23.9 Å². The second kappa shape index (κ2) is 7.36. The van der Waals surface area contributed by atoms with Crippen LogP contribution in [0.1, 0.15) is 11.1 Å². The number of aliphatic imine (C=N–C) groups is 1. The van der Waals surface area contributed by atoms with Gasteiger partial charge in [0.2, 0.25) is 0 Å². The average Bonchev–Trinajstić information content (AvgIpc) is 2.54. The molecular weight excluding hydrogens is 282 g/mol. The second-order valence-corrected chi connectivity index (χ2v) is 5.24. The summed E-state index contributed by atoms with van der Waals surface area (Å²) in [5.41, 5.74) is 8.46. The minimum Gasteiger partial charge on any atom is -0.497 e. The lowest BCUT2D eigenvalue weighted by molar-refractivity contribution is 0.415. The van der Waals surface area contributed by atoms with Crippen LogP contribution in [0.4, 0.5) is 5.69 Å². The fourth-order valence-electron chi connectivity index (χ4n) is 1.65. The molecule has 0 aromatic heterocycles. The fourth-order valence-corrected chi connectivity index (χ4v) is 2.33. The molecule has 0 amide bonds. The highest BCUT2D eigenvalue weighted by Gasteiger charge is 1.99. The van der Waals surface area contributed by atoms with Crippen LogP contribution < -0.4 is 10.5 Å². The van der Waals surface area contributed by atoms with Crippen LogP contribution >= 0.6 is 11.8 Å². The van der Waals surface area contributed by atoms with Crippen molar-refractivity contribution in [2.75, 3.05) is 7.11 Å². The molecule has 2 aromatic rings. The van der Waals surface area contributed by atoms with E-state index in [1.807, 2.05) is 36.4 Å². The smallest absolute Gasteiger partial charge is 0.159 e. The molecule has 0 spiro atoms. The topological polar surface area (TPSA) is 71.4 Å². The highest BCUT2D eigenvalue weighted by Crippen LogP contribution is 2.20. The van der Waals surface area contributed by atoms with E-state index in [0.717, 1.165) is 22.8 Å². The summed E-state index contributed by atoms with van der Waals surface area (Å²) in [6, 6.07) is 16.9. The van der Waals surface area contributed by atoms with Crippen molar-refractivity contribution in [1.29, 1.82) is 5.26 Å². The average molecular weight is 297 g/mol. The van der Waals surface area contributed by atoms with Crippen molar-refractivity contribution < 1.29 is 4.74 Å². The van der Waals surface area contributed by atoms with Gasteiger partial charge in [0.1, 0.15) is 5.75 Å². The molecule has 0 heterocycles. The molecular formula is C16H15N3OS. The third-order valence-electron chi connectivity index (χ3n) is 2.78. The van der Waals surface area contributed by atoms with Crippen molar-refractivity contribution in [3.63, 3.8) is 0 Å². The quantitative estimate of drug-likeness (QED) is 0.693. The van der Waals surface area contributed by atoms with E-state index in [4.69, 9.17) is 15.7 Å². The number of hydrogen-bond acceptors (Lipinski definition) is 4. The Morgan fingerprint density at radius 2 is 1.86 bits per heavy atom. The molecule has 0 unspecified atom stereocenters. The van der Waals surface area contributed by atoms with Gasteiger partial charge < -0.3 is 10.5 Å². The first-order valence-corrected chi connectivity index (χ1v) is 7.30. The molecule has 2 aromatic carbocycles. The predicted octanol–water partition coefficient (Wildman–Crippen LogP) is 3.45. The zero-order valence-corrected chi connectivity index (χ0v) is 12.4.